The summed E-state index contributed by atoms with van der Waals surface area (Å²) in [7, 11) is -1.52. The molecule has 0 aliphatic carbocycles. The van der Waals surface area contributed by atoms with Crippen LogP contribution in [0.15, 0.2) is 71.6 Å². The summed E-state index contributed by atoms with van der Waals surface area (Å²) < 4.78 is 58.9. The van der Waals surface area contributed by atoms with Gasteiger partial charge < -0.3 is 24.4 Å². The molecule has 3 rings (SSSR count). The lowest BCUT2D eigenvalue weighted by atomic mass is 10.1. The maximum Gasteiger partial charge on any atom is 0.264 e. The molecule has 0 spiro atoms. The monoisotopic (exact) mass is 615 g/mol. The summed E-state index contributed by atoms with van der Waals surface area (Å²) in [6.07, 6.45) is 0.694. The molecule has 0 saturated heterocycles. The molecule has 3 aromatic carbocycles. The van der Waals surface area contributed by atoms with Gasteiger partial charge in [0.25, 0.3) is 10.0 Å². The number of ether oxygens (including phenoxy) is 3. The van der Waals surface area contributed by atoms with Crippen molar-refractivity contribution >= 4 is 27.5 Å². The van der Waals surface area contributed by atoms with Gasteiger partial charge in [0, 0.05) is 19.2 Å². The highest BCUT2D eigenvalue weighted by molar-refractivity contribution is 7.92. The number of sulfonamides is 1. The third-order valence-corrected chi connectivity index (χ3v) is 8.41. The molecule has 2 amide bonds. The minimum Gasteiger partial charge on any atom is -0.494 e. The smallest absolute Gasteiger partial charge is 0.264 e. The zero-order valence-electron chi connectivity index (χ0n) is 25.0. The molecule has 3 aromatic rings. The molecule has 0 unspecified atom stereocenters. The first-order chi connectivity index (χ1) is 20.5. The first-order valence-electron chi connectivity index (χ1n) is 13.8. The van der Waals surface area contributed by atoms with Crippen LogP contribution in [-0.2, 0) is 26.2 Å². The van der Waals surface area contributed by atoms with E-state index in [-0.39, 0.29) is 22.9 Å². The first-order valence-corrected chi connectivity index (χ1v) is 15.3. The molecule has 0 fully saturated rings. The number of carbonyl (C=O) groups excluding carboxylic acids is 2. The van der Waals surface area contributed by atoms with Crippen molar-refractivity contribution in [3.8, 4) is 17.2 Å². The Labute approximate surface area is 252 Å². The van der Waals surface area contributed by atoms with E-state index in [1.807, 2.05) is 13.8 Å². The maximum atomic E-state index is 14.1. The van der Waals surface area contributed by atoms with Crippen molar-refractivity contribution in [2.45, 2.75) is 44.7 Å². The van der Waals surface area contributed by atoms with Gasteiger partial charge in [-0.05, 0) is 74.4 Å². The van der Waals surface area contributed by atoms with E-state index >= 15 is 0 Å². The molecule has 0 aliphatic heterocycles. The molecule has 0 aromatic heterocycles. The fraction of sp³-hybridized carbons (Fsp3) is 0.355. The summed E-state index contributed by atoms with van der Waals surface area (Å²) in [5.74, 6) is -0.421. The van der Waals surface area contributed by atoms with Gasteiger partial charge in [0.1, 0.15) is 24.2 Å². The number of benzene rings is 3. The minimum absolute atomic E-state index is 0.0483. The average molecular weight is 616 g/mol. The molecule has 1 atom stereocenters. The largest absolute Gasteiger partial charge is 0.494 e. The Hall–Kier alpha value is -4.32. The quantitative estimate of drug-likeness (QED) is 0.270. The summed E-state index contributed by atoms with van der Waals surface area (Å²) in [4.78, 5) is 28.1. The lowest BCUT2D eigenvalue weighted by molar-refractivity contribution is -0.139. The van der Waals surface area contributed by atoms with Crippen molar-refractivity contribution in [1.29, 1.82) is 0 Å². The van der Waals surface area contributed by atoms with Gasteiger partial charge in [-0.1, -0.05) is 19.1 Å². The summed E-state index contributed by atoms with van der Waals surface area (Å²) in [5.41, 5.74) is 0.775. The number of amides is 2. The van der Waals surface area contributed by atoms with Crippen molar-refractivity contribution in [3.63, 3.8) is 0 Å². The molecule has 0 heterocycles. The Morgan fingerprint density at radius 2 is 1.58 bits per heavy atom. The molecule has 0 radical (unpaired) electrons. The van der Waals surface area contributed by atoms with Crippen LogP contribution in [-0.4, -0.2) is 65.1 Å². The number of hydrogen-bond acceptors (Lipinski definition) is 7. The van der Waals surface area contributed by atoms with Gasteiger partial charge in [-0.2, -0.15) is 0 Å². The Bertz CT molecular complexity index is 1480. The van der Waals surface area contributed by atoms with Crippen LogP contribution in [0.5, 0.6) is 17.2 Å². The second kappa shape index (κ2) is 15.2. The van der Waals surface area contributed by atoms with E-state index in [4.69, 9.17) is 14.2 Å². The lowest BCUT2D eigenvalue weighted by Crippen LogP contribution is -2.51. The van der Waals surface area contributed by atoms with E-state index in [9.17, 15) is 22.4 Å². The first kappa shape index (κ1) is 33.2. The predicted molar refractivity (Wildman–Crippen MR) is 161 cm³/mol. The average Bonchev–Trinajstić information content (AvgIpc) is 3.01. The third kappa shape index (κ3) is 8.38. The van der Waals surface area contributed by atoms with E-state index in [1.54, 1.807) is 19.1 Å². The molecule has 0 saturated carbocycles. The van der Waals surface area contributed by atoms with E-state index in [1.165, 1.54) is 73.7 Å². The van der Waals surface area contributed by atoms with Gasteiger partial charge in [-0.3, -0.25) is 13.9 Å². The van der Waals surface area contributed by atoms with Crippen LogP contribution >= 0.6 is 0 Å². The molecular weight excluding hydrogens is 577 g/mol. The Balaban J connectivity index is 2.07. The fourth-order valence-corrected chi connectivity index (χ4v) is 5.70. The molecule has 0 aliphatic rings. The normalized spacial score (nSPS) is 11.8. The van der Waals surface area contributed by atoms with E-state index in [0.717, 1.165) is 4.31 Å². The molecule has 12 heteroatoms. The topological polar surface area (TPSA) is 114 Å². The van der Waals surface area contributed by atoms with Crippen LogP contribution in [0, 0.1) is 5.82 Å². The number of nitrogens with zero attached hydrogens (tertiary/aromatic N) is 2. The Morgan fingerprint density at radius 1 is 0.930 bits per heavy atom. The number of rotatable bonds is 15. The second-order valence-electron chi connectivity index (χ2n) is 9.57. The van der Waals surface area contributed by atoms with Crippen LogP contribution in [0.2, 0.25) is 0 Å². The fourth-order valence-electron chi connectivity index (χ4n) is 4.27. The van der Waals surface area contributed by atoms with Gasteiger partial charge in [0.2, 0.25) is 11.8 Å². The molecule has 0 bridgehead atoms. The third-order valence-electron chi connectivity index (χ3n) is 6.64. The molecule has 43 heavy (non-hydrogen) atoms. The van der Waals surface area contributed by atoms with E-state index < -0.39 is 40.2 Å². The van der Waals surface area contributed by atoms with Gasteiger partial charge in [0.05, 0.1) is 31.4 Å². The van der Waals surface area contributed by atoms with E-state index in [2.05, 4.69) is 5.32 Å². The van der Waals surface area contributed by atoms with Crippen LogP contribution < -0.4 is 23.8 Å². The van der Waals surface area contributed by atoms with E-state index in [0.29, 0.717) is 36.6 Å². The van der Waals surface area contributed by atoms with Crippen molar-refractivity contribution < 1.29 is 36.6 Å². The van der Waals surface area contributed by atoms with Crippen LogP contribution in [0.4, 0.5) is 10.1 Å². The number of methoxy groups -OCH3 is 2. The number of hydrogen-bond donors (Lipinski definition) is 1. The van der Waals surface area contributed by atoms with Crippen molar-refractivity contribution in [3.05, 3.63) is 78.1 Å². The summed E-state index contributed by atoms with van der Waals surface area (Å²) in [5, 5.41) is 2.78. The minimum atomic E-state index is -4.34. The highest BCUT2D eigenvalue weighted by atomic mass is 32.2. The number of halogens is 1. The summed E-state index contributed by atoms with van der Waals surface area (Å²) in [6.45, 7) is 5.45. The van der Waals surface area contributed by atoms with Crippen molar-refractivity contribution in [2.24, 2.45) is 0 Å². The van der Waals surface area contributed by atoms with Crippen molar-refractivity contribution in [1.82, 2.24) is 10.2 Å². The lowest BCUT2D eigenvalue weighted by Gasteiger charge is -2.32. The van der Waals surface area contributed by atoms with Crippen molar-refractivity contribution in [2.75, 3.05) is 38.2 Å². The van der Waals surface area contributed by atoms with Gasteiger partial charge in [-0.15, -0.1) is 0 Å². The molecule has 232 valence electrons. The number of carbonyl (C=O) groups is 2. The van der Waals surface area contributed by atoms with Crippen LogP contribution in [0.3, 0.4) is 0 Å². The highest BCUT2D eigenvalue weighted by Crippen LogP contribution is 2.33. The van der Waals surface area contributed by atoms with Gasteiger partial charge >= 0.3 is 0 Å². The second-order valence-corrected chi connectivity index (χ2v) is 11.4. The van der Waals surface area contributed by atoms with Gasteiger partial charge in [-0.25, -0.2) is 12.8 Å². The summed E-state index contributed by atoms with van der Waals surface area (Å²) >= 11 is 0. The molecular formula is C31H38FN3O7S. The number of nitrogens with one attached hydrogen (secondary N) is 1. The standard InChI is InChI=1S/C31H38FN3O7S/c1-6-18-33-31(37)22(3)34(20-23-8-10-24(32)11-9-23)30(36)21-35(25-12-14-26(15-13-25)42-7-2)43(38,39)27-16-17-28(40-4)29(19-27)41-5/h8-17,19,22H,6-7,18,20-21H2,1-5H3,(H,33,37)/t22-/m1/s1. The zero-order chi connectivity index (χ0) is 31.6. The maximum absolute atomic E-state index is 14.1. The predicted octanol–water partition coefficient (Wildman–Crippen LogP) is 4.38. The summed E-state index contributed by atoms with van der Waals surface area (Å²) in [6, 6.07) is 15.0. The van der Waals surface area contributed by atoms with Crippen LogP contribution in [0.25, 0.3) is 0 Å². The van der Waals surface area contributed by atoms with Gasteiger partial charge in [0.15, 0.2) is 11.5 Å². The highest BCUT2D eigenvalue weighted by Gasteiger charge is 2.33. The Kier molecular flexibility index (Phi) is 11.8. The molecule has 1 N–H and O–H groups in total. The van der Waals surface area contributed by atoms with Crippen LogP contribution in [0.1, 0.15) is 32.8 Å². The number of anilines is 1. The molecule has 10 nitrogen and oxygen atoms in total. The Morgan fingerprint density at radius 3 is 2.16 bits per heavy atom. The SMILES string of the molecule is CCCNC(=O)[C@@H](C)N(Cc1ccc(F)cc1)C(=O)CN(c1ccc(OCC)cc1)S(=O)(=O)c1ccc(OC)c(OC)c1. The zero-order valence-corrected chi connectivity index (χ0v) is 25.8.